The molecule has 3 rings (SSSR count). The fourth-order valence-corrected chi connectivity index (χ4v) is 4.05. The molecular formula is C21H18F3NO4S. The minimum Gasteiger partial charge on any atom is -0.455 e. The van der Waals surface area contributed by atoms with E-state index in [-0.39, 0.29) is 11.5 Å². The number of halogens is 3. The Morgan fingerprint density at radius 1 is 0.967 bits per heavy atom. The van der Waals surface area contributed by atoms with Crippen molar-refractivity contribution in [3.8, 4) is 0 Å². The second-order valence-corrected chi connectivity index (χ2v) is 8.53. The zero-order chi connectivity index (χ0) is 21.8. The van der Waals surface area contributed by atoms with Crippen LogP contribution in [0.1, 0.15) is 27.4 Å². The number of amides is 1. The summed E-state index contributed by atoms with van der Waals surface area (Å²) in [5.74, 6) is -1.28. The molecule has 2 aromatic carbocycles. The smallest absolute Gasteiger partial charge is 0.416 e. The first-order valence-corrected chi connectivity index (χ1v) is 10.6. The van der Waals surface area contributed by atoms with E-state index in [1.54, 1.807) is 0 Å². The van der Waals surface area contributed by atoms with Crippen LogP contribution in [0, 0.1) is 0 Å². The van der Waals surface area contributed by atoms with Gasteiger partial charge in [0.2, 0.25) is 0 Å². The zero-order valence-electron chi connectivity index (χ0n) is 15.6. The highest BCUT2D eigenvalue weighted by atomic mass is 32.2. The van der Waals surface area contributed by atoms with Gasteiger partial charge in [-0.05, 0) is 42.3 Å². The van der Waals surface area contributed by atoms with Crippen LogP contribution in [0.15, 0.2) is 76.0 Å². The van der Waals surface area contributed by atoms with Crippen molar-refractivity contribution >= 4 is 15.7 Å². The Balaban J connectivity index is 1.63. The summed E-state index contributed by atoms with van der Waals surface area (Å²) in [6, 6.07) is 15.7. The van der Waals surface area contributed by atoms with Crippen molar-refractivity contribution in [2.75, 3.05) is 6.54 Å². The molecule has 0 radical (unpaired) electrons. The molecule has 0 aliphatic carbocycles. The highest BCUT2D eigenvalue weighted by molar-refractivity contribution is 7.90. The molecule has 1 aromatic heterocycles. The van der Waals surface area contributed by atoms with E-state index in [4.69, 9.17) is 4.42 Å². The van der Waals surface area contributed by atoms with Crippen molar-refractivity contribution in [3.05, 3.63) is 89.4 Å². The van der Waals surface area contributed by atoms with Crippen LogP contribution in [-0.4, -0.2) is 20.9 Å². The molecule has 1 amide bonds. The average molecular weight is 437 g/mol. The quantitative estimate of drug-likeness (QED) is 0.600. The maximum absolute atomic E-state index is 12.8. The second-order valence-electron chi connectivity index (χ2n) is 6.54. The summed E-state index contributed by atoms with van der Waals surface area (Å²) in [5, 5.41) is 2.67. The highest BCUT2D eigenvalue weighted by Gasteiger charge is 2.32. The van der Waals surface area contributed by atoms with E-state index in [0.717, 1.165) is 23.8 Å². The van der Waals surface area contributed by atoms with Crippen LogP contribution in [-0.2, 0) is 28.2 Å². The summed E-state index contributed by atoms with van der Waals surface area (Å²) in [7, 11) is -4.09. The minimum absolute atomic E-state index is 0.0411. The van der Waals surface area contributed by atoms with Crippen LogP contribution in [0.5, 0.6) is 0 Å². The third-order valence-electron chi connectivity index (χ3n) is 4.28. The molecule has 0 unspecified atom stereocenters. The lowest BCUT2D eigenvalue weighted by Gasteiger charge is -2.09. The van der Waals surface area contributed by atoms with Crippen LogP contribution in [0.2, 0.25) is 0 Å². The molecular weight excluding hydrogens is 419 g/mol. The van der Waals surface area contributed by atoms with Crippen molar-refractivity contribution in [1.82, 2.24) is 5.32 Å². The van der Waals surface area contributed by atoms with Gasteiger partial charge in [-0.15, -0.1) is 0 Å². The molecule has 30 heavy (non-hydrogen) atoms. The molecule has 0 fully saturated rings. The van der Waals surface area contributed by atoms with Gasteiger partial charge in [0.1, 0.15) is 11.5 Å². The van der Waals surface area contributed by atoms with Crippen molar-refractivity contribution in [2.45, 2.75) is 23.2 Å². The van der Waals surface area contributed by atoms with Gasteiger partial charge < -0.3 is 9.73 Å². The SMILES string of the molecule is O=C(NCCc1ccccc1)c1ccc(CS(=O)(=O)c2cccc(C(F)(F)F)c2)o1. The lowest BCUT2D eigenvalue weighted by molar-refractivity contribution is -0.137. The van der Waals surface area contributed by atoms with E-state index in [0.29, 0.717) is 19.0 Å². The van der Waals surface area contributed by atoms with Crippen molar-refractivity contribution < 1.29 is 30.8 Å². The maximum atomic E-state index is 12.8. The Bertz CT molecular complexity index is 1120. The topological polar surface area (TPSA) is 76.4 Å². The molecule has 158 valence electrons. The summed E-state index contributed by atoms with van der Waals surface area (Å²) < 4.78 is 68.7. The van der Waals surface area contributed by atoms with E-state index in [2.05, 4.69) is 5.32 Å². The van der Waals surface area contributed by atoms with Crippen molar-refractivity contribution in [1.29, 1.82) is 0 Å². The fourth-order valence-electron chi connectivity index (χ4n) is 2.77. The molecule has 0 bridgehead atoms. The molecule has 5 nitrogen and oxygen atoms in total. The zero-order valence-corrected chi connectivity index (χ0v) is 16.5. The van der Waals surface area contributed by atoms with Gasteiger partial charge in [0.25, 0.3) is 5.91 Å². The van der Waals surface area contributed by atoms with Crippen LogP contribution in [0.4, 0.5) is 13.2 Å². The molecule has 0 saturated heterocycles. The van der Waals surface area contributed by atoms with E-state index < -0.39 is 38.1 Å². The predicted molar refractivity (Wildman–Crippen MR) is 104 cm³/mol. The van der Waals surface area contributed by atoms with E-state index in [1.165, 1.54) is 12.1 Å². The Morgan fingerprint density at radius 2 is 1.70 bits per heavy atom. The lowest BCUT2D eigenvalue weighted by Crippen LogP contribution is -2.25. The average Bonchev–Trinajstić information content (AvgIpc) is 3.16. The largest absolute Gasteiger partial charge is 0.455 e. The minimum atomic E-state index is -4.65. The number of benzene rings is 2. The van der Waals surface area contributed by atoms with Gasteiger partial charge in [-0.3, -0.25) is 4.79 Å². The maximum Gasteiger partial charge on any atom is 0.416 e. The second kappa shape index (κ2) is 8.74. The molecule has 0 saturated carbocycles. The Labute approximate surface area is 171 Å². The molecule has 0 spiro atoms. The van der Waals surface area contributed by atoms with Gasteiger partial charge in [-0.2, -0.15) is 13.2 Å². The highest BCUT2D eigenvalue weighted by Crippen LogP contribution is 2.31. The number of furan rings is 1. The Hall–Kier alpha value is -3.07. The number of nitrogens with one attached hydrogen (secondary N) is 1. The van der Waals surface area contributed by atoms with Gasteiger partial charge in [0.05, 0.1) is 10.5 Å². The number of hydrogen-bond donors (Lipinski definition) is 1. The summed E-state index contributed by atoms with van der Waals surface area (Å²) in [4.78, 5) is 11.7. The van der Waals surface area contributed by atoms with Gasteiger partial charge in [0, 0.05) is 6.54 Å². The number of rotatable bonds is 7. The Morgan fingerprint density at radius 3 is 2.40 bits per heavy atom. The van der Waals surface area contributed by atoms with Gasteiger partial charge >= 0.3 is 6.18 Å². The van der Waals surface area contributed by atoms with Gasteiger partial charge in [-0.1, -0.05) is 36.4 Å². The predicted octanol–water partition coefficient (Wildman–Crippen LogP) is 4.24. The summed E-state index contributed by atoms with van der Waals surface area (Å²) in [6.45, 7) is 0.363. The van der Waals surface area contributed by atoms with Crippen LogP contribution >= 0.6 is 0 Å². The number of alkyl halides is 3. The number of sulfone groups is 1. The fraction of sp³-hybridized carbons (Fsp3) is 0.190. The normalized spacial score (nSPS) is 12.0. The van der Waals surface area contributed by atoms with Gasteiger partial charge in [0.15, 0.2) is 15.6 Å². The third-order valence-corrected chi connectivity index (χ3v) is 5.92. The third kappa shape index (κ3) is 5.50. The first kappa shape index (κ1) is 21.6. The first-order valence-electron chi connectivity index (χ1n) is 8.96. The number of carbonyl (C=O) groups is 1. The molecule has 0 atom stereocenters. The number of hydrogen-bond acceptors (Lipinski definition) is 4. The van der Waals surface area contributed by atoms with Crippen molar-refractivity contribution in [2.24, 2.45) is 0 Å². The monoisotopic (exact) mass is 437 g/mol. The standard InChI is InChI=1S/C21H18F3NO4S/c22-21(23,24)16-7-4-8-18(13-16)30(27,28)14-17-9-10-19(29-17)20(26)25-12-11-15-5-2-1-3-6-15/h1-10,13H,11-12,14H2,(H,25,26). The van der Waals surface area contributed by atoms with Crippen LogP contribution in [0.25, 0.3) is 0 Å². The van der Waals surface area contributed by atoms with Crippen molar-refractivity contribution in [3.63, 3.8) is 0 Å². The summed E-state index contributed by atoms with van der Waals surface area (Å²) in [6.07, 6.45) is -4.04. The molecule has 0 aliphatic heterocycles. The molecule has 3 aromatic rings. The lowest BCUT2D eigenvalue weighted by atomic mass is 10.1. The molecule has 0 aliphatic rings. The van der Waals surface area contributed by atoms with Gasteiger partial charge in [-0.25, -0.2) is 8.42 Å². The van der Waals surface area contributed by atoms with E-state index in [1.807, 2.05) is 30.3 Å². The molecule has 9 heteroatoms. The van der Waals surface area contributed by atoms with Crippen LogP contribution < -0.4 is 5.32 Å². The molecule has 1 heterocycles. The van der Waals surface area contributed by atoms with Crippen LogP contribution in [0.3, 0.4) is 0 Å². The summed E-state index contributed by atoms with van der Waals surface area (Å²) in [5.41, 5.74) is -0.00776. The number of carbonyl (C=O) groups excluding carboxylic acids is 1. The van der Waals surface area contributed by atoms with E-state index in [9.17, 15) is 26.4 Å². The first-order chi connectivity index (χ1) is 14.1. The molecule has 1 N–H and O–H groups in total. The van der Waals surface area contributed by atoms with E-state index >= 15 is 0 Å². The Kier molecular flexibility index (Phi) is 6.31. The summed E-state index contributed by atoms with van der Waals surface area (Å²) >= 11 is 0.